The van der Waals surface area contributed by atoms with Crippen molar-refractivity contribution in [3.05, 3.63) is 25.3 Å². The van der Waals surface area contributed by atoms with Crippen LogP contribution < -0.4 is 31.5 Å². The number of aliphatic carboxylic acids is 2. The zero-order valence-electron chi connectivity index (χ0n) is 46.1. The topological polar surface area (TPSA) is 513 Å². The number of nitrogens with two attached hydrogens (primary N) is 2. The summed E-state index contributed by atoms with van der Waals surface area (Å²) in [6.45, 7) is 12.5. The summed E-state index contributed by atoms with van der Waals surface area (Å²) in [4.78, 5) is 97.2. The highest BCUT2D eigenvalue weighted by Crippen LogP contribution is 2.44. The molecule has 7 heterocycles. The van der Waals surface area contributed by atoms with E-state index in [1.807, 2.05) is 0 Å². The zero-order valence-corrected chi connectivity index (χ0v) is 51.0. The first-order valence-corrected chi connectivity index (χ1v) is 31.7. The number of aliphatic hydroxyl groups excluding tert-OH is 2. The molecule has 4 aromatic heterocycles. The highest BCUT2D eigenvalue weighted by atomic mass is 33.2. The molecule has 12 N–H and O–H groups in total. The molecule has 0 radical (unpaired) electrons. The van der Waals surface area contributed by atoms with Gasteiger partial charge in [-0.05, 0) is 68.2 Å². The Morgan fingerprint density at radius 1 is 0.686 bits per heavy atom. The van der Waals surface area contributed by atoms with Crippen LogP contribution in [0.25, 0.3) is 22.3 Å². The molecule has 0 bridgehead atoms. The molecule has 0 spiro atoms. The molecule has 36 nitrogen and oxygen atoms in total. The van der Waals surface area contributed by atoms with Gasteiger partial charge >= 0.3 is 56.5 Å². The lowest BCUT2D eigenvalue weighted by Gasteiger charge is -2.25. The van der Waals surface area contributed by atoms with Crippen molar-refractivity contribution in [2.75, 3.05) is 23.8 Å². The van der Waals surface area contributed by atoms with Gasteiger partial charge in [-0.1, -0.05) is 7.43 Å². The van der Waals surface area contributed by atoms with Crippen molar-refractivity contribution in [2.45, 2.75) is 167 Å². The minimum absolute atomic E-state index is 0. The number of aliphatic hydroxyl groups is 2. The van der Waals surface area contributed by atoms with E-state index in [1.165, 1.54) is 39.5 Å². The lowest BCUT2D eigenvalue weighted by Crippen LogP contribution is -2.46. The van der Waals surface area contributed by atoms with Crippen molar-refractivity contribution >= 4 is 131 Å². The number of hydrogen-bond acceptors (Lipinski definition) is 28. The molecule has 3 saturated heterocycles. The van der Waals surface area contributed by atoms with E-state index in [1.54, 1.807) is 55.4 Å². The molecule has 3 fully saturated rings. The van der Waals surface area contributed by atoms with Crippen LogP contribution in [0.15, 0.2) is 25.3 Å². The van der Waals surface area contributed by atoms with Gasteiger partial charge in [0.25, 0.3) is 0 Å². The summed E-state index contributed by atoms with van der Waals surface area (Å²) in [6, 6.07) is -4.50. The third kappa shape index (κ3) is 21.3. The second-order valence-electron chi connectivity index (χ2n) is 20.7. The van der Waals surface area contributed by atoms with E-state index in [0.29, 0.717) is 0 Å². The summed E-state index contributed by atoms with van der Waals surface area (Å²) in [7, 11) is -6.22. The molecule has 0 saturated carbocycles. The number of carboxylic acids is 2. The van der Waals surface area contributed by atoms with E-state index in [9.17, 15) is 55.8 Å². The minimum Gasteiger partial charge on any atom is -0.481 e. The molecular weight excluding hydrogens is 1270 g/mol. The van der Waals surface area contributed by atoms with Crippen molar-refractivity contribution in [3.63, 3.8) is 0 Å². The van der Waals surface area contributed by atoms with Gasteiger partial charge in [-0.25, -0.2) is 59.4 Å². The number of carbonyl (C=O) groups is 6. The van der Waals surface area contributed by atoms with Gasteiger partial charge in [0, 0.05) is 53.0 Å². The molecule has 42 heteroatoms. The number of carboxylic acid groups (broad SMARTS) is 2. The second-order valence-corrected chi connectivity index (χ2v) is 26.7. The summed E-state index contributed by atoms with van der Waals surface area (Å²) >= 11 is 8.66. The normalized spacial score (nSPS) is 22.2. The van der Waals surface area contributed by atoms with Crippen LogP contribution in [0.4, 0.5) is 21.2 Å². The molecule has 0 aromatic carbocycles. The van der Waals surface area contributed by atoms with E-state index in [2.05, 4.69) is 77.7 Å². The maximum Gasteiger partial charge on any atom is 0.333 e. The largest absolute Gasteiger partial charge is 0.481 e. The molecule has 10 atom stereocenters. The maximum atomic E-state index is 13.1. The molecule has 0 unspecified atom stereocenters. The van der Waals surface area contributed by atoms with E-state index >= 15 is 0 Å². The van der Waals surface area contributed by atoms with Crippen LogP contribution >= 0.6 is 0 Å². The molecule has 480 valence electrons. The van der Waals surface area contributed by atoms with Crippen LogP contribution in [-0.2, 0) is 117 Å². The third-order valence-corrected chi connectivity index (χ3v) is 14.5. The monoisotopic (exact) mass is 1330 g/mol. The van der Waals surface area contributed by atoms with Gasteiger partial charge in [-0.2, -0.15) is 16.8 Å². The molecule has 7 rings (SSSR count). The van der Waals surface area contributed by atoms with Crippen molar-refractivity contribution < 1.29 is 103 Å². The fourth-order valence-electron chi connectivity index (χ4n) is 8.10. The Morgan fingerprint density at radius 3 is 1.60 bits per heavy atom. The number of anilines is 2. The Hall–Kier alpha value is -6.10. The summed E-state index contributed by atoms with van der Waals surface area (Å²) in [5.41, 5.74) is -1.14. The van der Waals surface area contributed by atoms with Crippen LogP contribution in [0.1, 0.15) is 101 Å². The van der Waals surface area contributed by atoms with Gasteiger partial charge in [0.1, 0.15) is 72.6 Å². The number of carbonyl (C=O) groups excluding carboxylic acids is 4. The number of hydrogen-bond donors (Lipinski definition) is 10. The maximum absolute atomic E-state index is 13.1. The third-order valence-electron chi connectivity index (χ3n) is 11.3. The Kier molecular flexibility index (Phi) is 25.4. The lowest BCUT2D eigenvalue weighted by molar-refractivity contribution is -0.198. The van der Waals surface area contributed by atoms with Crippen LogP contribution in [0.5, 0.6) is 0 Å². The summed E-state index contributed by atoms with van der Waals surface area (Å²) in [5, 5.41) is 57.7. The van der Waals surface area contributed by atoms with Gasteiger partial charge in [-0.3, -0.25) is 37.7 Å². The Labute approximate surface area is 506 Å². The highest BCUT2D eigenvalue weighted by Gasteiger charge is 2.56. The molecule has 3 aliphatic heterocycles. The van der Waals surface area contributed by atoms with E-state index < -0.39 is 154 Å². The van der Waals surface area contributed by atoms with Crippen LogP contribution in [-0.4, -0.2) is 191 Å². The van der Waals surface area contributed by atoms with Crippen molar-refractivity contribution in [1.82, 2.24) is 49.7 Å². The van der Waals surface area contributed by atoms with Crippen molar-refractivity contribution in [2.24, 2.45) is 10.3 Å². The molecular formula is C44H66N14O22S6. The number of imidazole rings is 2. The van der Waals surface area contributed by atoms with Gasteiger partial charge < -0.3 is 59.5 Å². The van der Waals surface area contributed by atoms with Gasteiger partial charge in [0.2, 0.25) is 0 Å². The number of urea groups is 2. The molecule has 3 aliphatic rings. The van der Waals surface area contributed by atoms with Gasteiger partial charge in [0.15, 0.2) is 52.2 Å². The SMILES string of the molecule is C.CC(C)(C)OC(=O)CC[C@H](NC(=O)Nc1ncnc2c1ncn2[C@@H]1O[C@H](COS(N)(=O)=O)[C@H]2OC(C)(C)O[C@H]21)C(=O)OC(C)(C)C.NS(=O)(=O)OC[C@H]1O[C@@H](n2cnc3c(NC(=O)N[C@@H](CCC(=O)O)C(=O)O)ncnc32)[C@H](O)[C@@H]1O.S=S=S=S. The number of fused-ring (bicyclic) bond motifs is 3. The molecule has 4 amide bonds. The number of nitrogens with one attached hydrogen (secondary N) is 4. The zero-order chi connectivity index (χ0) is 63.6. The van der Waals surface area contributed by atoms with Crippen molar-refractivity contribution in [3.8, 4) is 0 Å². The van der Waals surface area contributed by atoms with Gasteiger partial charge in [0.05, 0.1) is 25.9 Å². The number of nitrogens with zero attached hydrogens (tertiary/aromatic N) is 8. The van der Waals surface area contributed by atoms with Crippen LogP contribution in [0.2, 0.25) is 0 Å². The average Bonchev–Trinajstić information content (AvgIpc) is 1.64. The molecule has 86 heavy (non-hydrogen) atoms. The fourth-order valence-corrected chi connectivity index (χ4v) is 8.75. The van der Waals surface area contributed by atoms with Gasteiger partial charge in [-0.15, -0.1) is 0 Å². The molecule has 0 aliphatic carbocycles. The predicted molar refractivity (Wildman–Crippen MR) is 306 cm³/mol. The minimum atomic E-state index is -4.32. The van der Waals surface area contributed by atoms with Crippen LogP contribution in [0.3, 0.4) is 0 Å². The summed E-state index contributed by atoms with van der Waals surface area (Å²) in [5.74, 6) is -5.12. The number of amides is 4. The first-order valence-electron chi connectivity index (χ1n) is 24.7. The summed E-state index contributed by atoms with van der Waals surface area (Å²) < 4.78 is 91.0. The smallest absolute Gasteiger partial charge is 0.333 e. The second kappa shape index (κ2) is 30.2. The number of aromatic nitrogens is 8. The van der Waals surface area contributed by atoms with Crippen LogP contribution in [0, 0.1) is 0 Å². The molecule has 4 aromatic rings. The van der Waals surface area contributed by atoms with E-state index in [-0.39, 0.29) is 60.7 Å². The summed E-state index contributed by atoms with van der Waals surface area (Å²) in [6.07, 6.45) is -5.17. The van der Waals surface area contributed by atoms with Crippen molar-refractivity contribution in [1.29, 1.82) is 0 Å². The Morgan fingerprint density at radius 2 is 1.14 bits per heavy atom. The first kappa shape index (κ1) is 72.4. The lowest BCUT2D eigenvalue weighted by atomic mass is 10.1. The fraction of sp³-hybridized carbons (Fsp3) is 0.636. The number of esters is 2. The number of rotatable bonds is 20. The average molecular weight is 1340 g/mol. The van der Waals surface area contributed by atoms with E-state index in [0.717, 1.165) is 12.7 Å². The van der Waals surface area contributed by atoms with E-state index in [4.69, 9.17) is 53.1 Å². The Bertz CT molecular complexity index is 3400. The predicted octanol–water partition coefficient (Wildman–Crippen LogP) is -0.851. The standard InChI is InChI=1S/C27H41N7O11S.C16H21N7O11S.CH4.S4/c1-25(2,3)42-16(35)10-9-14(23(36)45-26(4,5)6)32-24(37)33-20-17-21(30-12-29-20)34(13-31-17)22-19-18(43-27(7,8)44-19)15(41-22)11-40-46(28,38)39;17-35(31,32)33-3-7-10(26)11(27)14(34-7)23-5-20-9-12(18-4-19-13(9)23)22-16(30)21-6(15(28)29)1-2-8(24)25;;1-3-4-2/h12-15,18-19,22H,9-11H2,1-8H3,(H2,28,38,39)(H2,29,30,32,33,37);4-7,10-11,14,26-27H,1-3H2,(H,24,25)(H,28,29)(H2,17,31,32)(H2,18,19,21,22,30);1H4;/t14-,15+,18+,19+,22+;6-,7+,10+,11+,14+;;/m00../s1. The quantitative estimate of drug-likeness (QED) is 0.0482. The number of ether oxygens (including phenoxy) is 6. The Balaban J connectivity index is 0.000000354. The highest BCUT2D eigenvalue weighted by molar-refractivity contribution is 8.51. The first-order chi connectivity index (χ1) is 39.4.